The Balaban J connectivity index is 2.38. The van der Waals surface area contributed by atoms with Crippen molar-refractivity contribution in [2.75, 3.05) is 4.72 Å². The molecule has 0 aromatic carbocycles. The lowest BCUT2D eigenvalue weighted by molar-refractivity contribution is 0.599. The van der Waals surface area contributed by atoms with Crippen molar-refractivity contribution in [1.82, 2.24) is 30.4 Å². The van der Waals surface area contributed by atoms with E-state index in [2.05, 4.69) is 30.3 Å². The Kier molecular flexibility index (Phi) is 2.58. The van der Waals surface area contributed by atoms with Crippen LogP contribution in [0.3, 0.4) is 0 Å². The Labute approximate surface area is 97.3 Å². The van der Waals surface area contributed by atoms with Crippen LogP contribution in [-0.4, -0.2) is 38.8 Å². The molecule has 0 fully saturated rings. The fraction of sp³-hybridized carbons (Fsp3) is 0.429. The molecule has 0 spiro atoms. The Bertz CT molecular complexity index is 621. The molecule has 0 aliphatic rings. The number of sulfonamides is 1. The summed E-state index contributed by atoms with van der Waals surface area (Å²) in [5.74, 6) is -0.0764. The quantitative estimate of drug-likeness (QED) is 0.754. The first-order valence-electron chi connectivity index (χ1n) is 4.68. The first kappa shape index (κ1) is 11.5. The number of H-pyrrole nitrogens is 1. The van der Waals surface area contributed by atoms with Gasteiger partial charge in [-0.1, -0.05) is 5.10 Å². The summed E-state index contributed by atoms with van der Waals surface area (Å²) in [5.41, 5.74) is 0.845. The third kappa shape index (κ3) is 2.11. The van der Waals surface area contributed by atoms with Gasteiger partial charge in [0, 0.05) is 0 Å². The fourth-order valence-corrected chi connectivity index (χ4v) is 2.74. The molecule has 0 atom stereocenters. The van der Waals surface area contributed by atoms with E-state index < -0.39 is 10.0 Å². The molecule has 0 saturated carbocycles. The van der Waals surface area contributed by atoms with Crippen LogP contribution in [0, 0.1) is 13.8 Å². The first-order valence-corrected chi connectivity index (χ1v) is 6.17. The van der Waals surface area contributed by atoms with Crippen LogP contribution >= 0.6 is 0 Å². The van der Waals surface area contributed by atoms with Gasteiger partial charge < -0.3 is 0 Å². The molecule has 92 valence electrons. The number of aromatic nitrogens is 6. The molecule has 0 aliphatic heterocycles. The number of anilines is 1. The number of rotatable bonds is 3. The Hall–Kier alpha value is -1.97. The molecule has 10 heteroatoms. The molecule has 2 rings (SSSR count). The highest BCUT2D eigenvalue weighted by Gasteiger charge is 2.23. The second kappa shape index (κ2) is 3.80. The molecule has 0 radical (unpaired) electrons. The smallest absolute Gasteiger partial charge is 0.277 e. The van der Waals surface area contributed by atoms with Crippen molar-refractivity contribution >= 4 is 16.0 Å². The molecule has 0 amide bonds. The van der Waals surface area contributed by atoms with Crippen molar-refractivity contribution in [3.63, 3.8) is 0 Å². The average Bonchev–Trinajstić information content (AvgIpc) is 2.73. The van der Waals surface area contributed by atoms with Crippen LogP contribution in [0.4, 0.5) is 5.95 Å². The maximum absolute atomic E-state index is 12.0. The summed E-state index contributed by atoms with van der Waals surface area (Å²) in [7, 11) is -2.20. The second-order valence-corrected chi connectivity index (χ2v) is 5.09. The third-order valence-electron chi connectivity index (χ3n) is 2.06. The Morgan fingerprint density at radius 3 is 2.53 bits per heavy atom. The van der Waals surface area contributed by atoms with E-state index in [1.165, 1.54) is 0 Å². The lowest BCUT2D eigenvalue weighted by Crippen LogP contribution is -2.15. The van der Waals surface area contributed by atoms with Crippen LogP contribution in [0.2, 0.25) is 0 Å². The van der Waals surface area contributed by atoms with Gasteiger partial charge in [-0.05, 0) is 19.1 Å². The summed E-state index contributed by atoms with van der Waals surface area (Å²) < 4.78 is 26.3. The number of nitrogens with one attached hydrogen (secondary N) is 2. The zero-order valence-electron chi connectivity index (χ0n) is 9.46. The number of aryl methyl sites for hydroxylation is 3. The van der Waals surface area contributed by atoms with E-state index in [-0.39, 0.29) is 10.8 Å². The van der Waals surface area contributed by atoms with Crippen molar-refractivity contribution in [3.8, 4) is 0 Å². The minimum Gasteiger partial charge on any atom is -0.281 e. The van der Waals surface area contributed by atoms with Gasteiger partial charge in [0.15, 0.2) is 0 Å². The van der Waals surface area contributed by atoms with Gasteiger partial charge in [-0.3, -0.25) is 5.10 Å². The van der Waals surface area contributed by atoms with E-state index in [0.717, 1.165) is 4.80 Å². The SMILES string of the molecule is Cc1n[nH]c(C)c1S(=O)(=O)Nc1nnn(C)n1. The minimum absolute atomic E-state index is 0.0764. The molecule has 2 heterocycles. The van der Waals surface area contributed by atoms with Crippen LogP contribution in [0.15, 0.2) is 4.90 Å². The van der Waals surface area contributed by atoms with Gasteiger partial charge in [-0.25, -0.2) is 13.1 Å². The predicted octanol–water partition coefficient (Wildman–Crippen LogP) is -0.649. The van der Waals surface area contributed by atoms with E-state index in [4.69, 9.17) is 0 Å². The highest BCUT2D eigenvalue weighted by molar-refractivity contribution is 7.92. The molecule has 0 unspecified atom stereocenters. The standard InChI is InChI=1S/C7H11N7O2S/c1-4-6(5(2)9-8-4)17(15,16)12-7-10-13-14(3)11-7/h1-3H3,(H,8,9)(H,11,12). The summed E-state index contributed by atoms with van der Waals surface area (Å²) in [5, 5.41) is 17.2. The summed E-state index contributed by atoms with van der Waals surface area (Å²) in [6.45, 7) is 3.22. The molecular weight excluding hydrogens is 246 g/mol. The largest absolute Gasteiger partial charge is 0.281 e. The lowest BCUT2D eigenvalue weighted by atomic mass is 10.4. The highest BCUT2D eigenvalue weighted by Crippen LogP contribution is 2.18. The summed E-state index contributed by atoms with van der Waals surface area (Å²) in [6.07, 6.45) is 0. The number of hydrogen-bond acceptors (Lipinski definition) is 6. The molecule has 2 aromatic rings. The van der Waals surface area contributed by atoms with Gasteiger partial charge in [-0.2, -0.15) is 9.90 Å². The molecule has 0 saturated heterocycles. The molecule has 0 aliphatic carbocycles. The molecule has 2 aromatic heterocycles. The summed E-state index contributed by atoms with van der Waals surface area (Å²) >= 11 is 0. The number of aromatic amines is 1. The zero-order valence-corrected chi connectivity index (χ0v) is 10.3. The van der Waals surface area contributed by atoms with Crippen LogP contribution < -0.4 is 4.72 Å². The maximum atomic E-state index is 12.0. The predicted molar refractivity (Wildman–Crippen MR) is 57.7 cm³/mol. The molecule has 9 nitrogen and oxygen atoms in total. The molecule has 0 bridgehead atoms. The normalized spacial score (nSPS) is 11.7. The number of nitrogens with zero attached hydrogens (tertiary/aromatic N) is 5. The molecular formula is C7H11N7O2S. The van der Waals surface area contributed by atoms with Crippen molar-refractivity contribution in [2.24, 2.45) is 7.05 Å². The van der Waals surface area contributed by atoms with Crippen LogP contribution in [0.5, 0.6) is 0 Å². The van der Waals surface area contributed by atoms with E-state index in [9.17, 15) is 8.42 Å². The van der Waals surface area contributed by atoms with E-state index >= 15 is 0 Å². The molecule has 17 heavy (non-hydrogen) atoms. The summed E-state index contributed by atoms with van der Waals surface area (Å²) in [6, 6.07) is 0. The van der Waals surface area contributed by atoms with Crippen molar-refractivity contribution < 1.29 is 8.42 Å². The van der Waals surface area contributed by atoms with Crippen LogP contribution in [-0.2, 0) is 17.1 Å². The van der Waals surface area contributed by atoms with E-state index in [1.807, 2.05) is 0 Å². The van der Waals surface area contributed by atoms with Crippen molar-refractivity contribution in [3.05, 3.63) is 11.4 Å². The van der Waals surface area contributed by atoms with Gasteiger partial charge in [-0.15, -0.1) is 5.10 Å². The van der Waals surface area contributed by atoms with Gasteiger partial charge in [0.2, 0.25) is 0 Å². The average molecular weight is 257 g/mol. The third-order valence-corrected chi connectivity index (χ3v) is 3.65. The number of tetrazole rings is 1. The first-order chi connectivity index (χ1) is 7.90. The van der Waals surface area contributed by atoms with Gasteiger partial charge in [0.25, 0.3) is 16.0 Å². The topological polar surface area (TPSA) is 118 Å². The second-order valence-electron chi connectivity index (χ2n) is 3.47. The minimum atomic E-state index is -3.74. The van der Waals surface area contributed by atoms with Gasteiger partial charge in [0.05, 0.1) is 18.4 Å². The maximum Gasteiger partial charge on any atom is 0.277 e. The Morgan fingerprint density at radius 2 is 2.06 bits per heavy atom. The van der Waals surface area contributed by atoms with Gasteiger partial charge in [0.1, 0.15) is 4.90 Å². The van der Waals surface area contributed by atoms with Crippen molar-refractivity contribution in [2.45, 2.75) is 18.7 Å². The lowest BCUT2D eigenvalue weighted by Gasteiger charge is -2.03. The number of hydrogen-bond donors (Lipinski definition) is 2. The monoisotopic (exact) mass is 257 g/mol. The highest BCUT2D eigenvalue weighted by atomic mass is 32.2. The Morgan fingerprint density at radius 1 is 1.35 bits per heavy atom. The van der Waals surface area contributed by atoms with Gasteiger partial charge >= 0.3 is 0 Å². The summed E-state index contributed by atoms with van der Waals surface area (Å²) in [4.78, 5) is 1.26. The van der Waals surface area contributed by atoms with E-state index in [1.54, 1.807) is 20.9 Å². The molecule has 2 N–H and O–H groups in total. The fourth-order valence-electron chi connectivity index (χ4n) is 1.43. The zero-order chi connectivity index (χ0) is 12.6. The van der Waals surface area contributed by atoms with Crippen LogP contribution in [0.25, 0.3) is 0 Å². The van der Waals surface area contributed by atoms with Crippen LogP contribution in [0.1, 0.15) is 11.4 Å². The van der Waals surface area contributed by atoms with E-state index in [0.29, 0.717) is 11.4 Å². The van der Waals surface area contributed by atoms with Crippen molar-refractivity contribution in [1.29, 1.82) is 0 Å².